The molecule has 0 aromatic heterocycles. The molecule has 172 valence electrons. The Morgan fingerprint density at radius 2 is 1.45 bits per heavy atom. The van der Waals surface area contributed by atoms with E-state index in [9.17, 15) is 4.39 Å². The minimum atomic E-state index is -0.0723. The van der Waals surface area contributed by atoms with Gasteiger partial charge in [-0.1, -0.05) is 83.1 Å². The topological polar surface area (TPSA) is 0 Å². The molecule has 0 saturated heterocycles. The highest BCUT2D eigenvalue weighted by Gasteiger charge is 2.30. The van der Waals surface area contributed by atoms with Gasteiger partial charge in [-0.2, -0.15) is 0 Å². The van der Waals surface area contributed by atoms with Gasteiger partial charge in [0.05, 0.1) is 0 Å². The normalized spacial score (nSPS) is 26.3. The summed E-state index contributed by atoms with van der Waals surface area (Å²) in [4.78, 5) is 0. The Bertz CT molecular complexity index is 693. The summed E-state index contributed by atoms with van der Waals surface area (Å²) in [5.74, 6) is 10.1. The first-order valence-electron chi connectivity index (χ1n) is 13.5. The summed E-state index contributed by atoms with van der Waals surface area (Å²) in [7, 11) is 0. The fourth-order valence-electron chi connectivity index (χ4n) is 5.94. The minimum Gasteiger partial charge on any atom is -0.207 e. The van der Waals surface area contributed by atoms with Gasteiger partial charge in [-0.05, 0) is 86.8 Å². The highest BCUT2D eigenvalue weighted by Crippen LogP contribution is 2.42. The number of hydrogen-bond donors (Lipinski definition) is 0. The molecule has 3 rings (SSSR count). The molecule has 0 unspecified atom stereocenters. The maximum Gasteiger partial charge on any atom is 0.127 e. The molecular formula is C30H45F. The predicted molar refractivity (Wildman–Crippen MR) is 132 cm³/mol. The zero-order chi connectivity index (χ0) is 21.9. The molecule has 0 nitrogen and oxygen atoms in total. The van der Waals surface area contributed by atoms with Crippen LogP contribution in [0.4, 0.5) is 4.39 Å². The molecule has 0 N–H and O–H groups in total. The van der Waals surface area contributed by atoms with Crippen LogP contribution < -0.4 is 0 Å². The third kappa shape index (κ3) is 7.97. The van der Waals surface area contributed by atoms with Crippen molar-refractivity contribution in [2.75, 3.05) is 0 Å². The molecule has 31 heavy (non-hydrogen) atoms. The molecule has 1 aromatic carbocycles. The molecule has 2 aliphatic carbocycles. The summed E-state index contributed by atoms with van der Waals surface area (Å²) < 4.78 is 14.3. The van der Waals surface area contributed by atoms with Crippen LogP contribution in [0.25, 0.3) is 0 Å². The zero-order valence-electron chi connectivity index (χ0n) is 20.2. The fourth-order valence-corrected chi connectivity index (χ4v) is 5.94. The van der Waals surface area contributed by atoms with Gasteiger partial charge in [0.15, 0.2) is 0 Å². The van der Waals surface area contributed by atoms with E-state index in [1.54, 1.807) is 6.07 Å². The van der Waals surface area contributed by atoms with E-state index in [1.807, 2.05) is 12.1 Å². The summed E-state index contributed by atoms with van der Waals surface area (Å²) in [5.41, 5.74) is 1.69. The highest BCUT2D eigenvalue weighted by atomic mass is 19.1. The van der Waals surface area contributed by atoms with Gasteiger partial charge in [0, 0.05) is 11.5 Å². The molecule has 2 aliphatic rings. The molecule has 0 spiro atoms. The molecule has 0 aliphatic heterocycles. The van der Waals surface area contributed by atoms with Crippen molar-refractivity contribution in [2.45, 2.75) is 117 Å². The van der Waals surface area contributed by atoms with E-state index in [2.05, 4.69) is 25.7 Å². The van der Waals surface area contributed by atoms with Crippen molar-refractivity contribution in [3.63, 3.8) is 0 Å². The van der Waals surface area contributed by atoms with E-state index < -0.39 is 0 Å². The van der Waals surface area contributed by atoms with Gasteiger partial charge < -0.3 is 0 Å². The van der Waals surface area contributed by atoms with Gasteiger partial charge in [-0.3, -0.25) is 0 Å². The van der Waals surface area contributed by atoms with Crippen molar-refractivity contribution in [1.82, 2.24) is 0 Å². The summed E-state index contributed by atoms with van der Waals surface area (Å²) >= 11 is 0. The van der Waals surface area contributed by atoms with Crippen molar-refractivity contribution >= 4 is 0 Å². The van der Waals surface area contributed by atoms with Gasteiger partial charge in [0.1, 0.15) is 5.82 Å². The molecule has 1 aromatic rings. The Labute approximate surface area is 191 Å². The fraction of sp³-hybridized carbons (Fsp3) is 0.733. The number of aryl methyl sites for hydroxylation is 1. The maximum atomic E-state index is 14.3. The zero-order valence-corrected chi connectivity index (χ0v) is 20.2. The number of hydrogen-bond acceptors (Lipinski definition) is 0. The lowest BCUT2D eigenvalue weighted by atomic mass is 9.69. The Morgan fingerprint density at radius 1 is 0.806 bits per heavy atom. The van der Waals surface area contributed by atoms with Crippen LogP contribution in [0.5, 0.6) is 0 Å². The molecule has 0 atom stereocenters. The lowest BCUT2D eigenvalue weighted by Gasteiger charge is -2.37. The van der Waals surface area contributed by atoms with Gasteiger partial charge in [-0.15, -0.1) is 0 Å². The third-order valence-corrected chi connectivity index (χ3v) is 8.07. The van der Waals surface area contributed by atoms with Crippen molar-refractivity contribution < 1.29 is 4.39 Å². The number of halogens is 1. The summed E-state index contributed by atoms with van der Waals surface area (Å²) in [6.45, 7) is 4.49. The monoisotopic (exact) mass is 424 g/mol. The van der Waals surface area contributed by atoms with E-state index in [-0.39, 0.29) is 5.82 Å². The summed E-state index contributed by atoms with van der Waals surface area (Å²) in [6.07, 6.45) is 21.1. The standard InChI is InChI=1S/C30H45F/c1-3-5-7-9-24-13-18-27(19-14-24)28-20-15-25(16-21-28)11-12-26-17-22-29(30(31)23-26)10-8-6-4-2/h17,22-25,27-28H,3-10,13-16,18-21H2,1-2H3. The van der Waals surface area contributed by atoms with Gasteiger partial charge in [0.2, 0.25) is 0 Å². The van der Waals surface area contributed by atoms with E-state index in [0.29, 0.717) is 5.92 Å². The lowest BCUT2D eigenvalue weighted by molar-refractivity contribution is 0.153. The average molecular weight is 425 g/mol. The summed E-state index contributed by atoms with van der Waals surface area (Å²) in [6, 6.07) is 5.62. The SMILES string of the molecule is CCCCCc1ccc(C#CC2CCC(C3CCC(CCCCC)CC3)CC2)cc1F. The van der Waals surface area contributed by atoms with E-state index in [0.717, 1.165) is 41.7 Å². The first-order valence-corrected chi connectivity index (χ1v) is 13.5. The van der Waals surface area contributed by atoms with Gasteiger partial charge in [-0.25, -0.2) is 4.39 Å². The minimum absolute atomic E-state index is 0.0723. The lowest BCUT2D eigenvalue weighted by Crippen LogP contribution is -2.25. The van der Waals surface area contributed by atoms with E-state index >= 15 is 0 Å². The Hall–Kier alpha value is -1.29. The van der Waals surface area contributed by atoms with E-state index in [4.69, 9.17) is 0 Å². The molecule has 2 saturated carbocycles. The first-order chi connectivity index (χ1) is 15.2. The second kappa shape index (κ2) is 13.3. The van der Waals surface area contributed by atoms with Crippen molar-refractivity contribution in [3.8, 4) is 11.8 Å². The van der Waals surface area contributed by atoms with Crippen molar-refractivity contribution in [1.29, 1.82) is 0 Å². The Kier molecular flexibility index (Phi) is 10.5. The van der Waals surface area contributed by atoms with Crippen molar-refractivity contribution in [3.05, 3.63) is 35.1 Å². The molecule has 0 heterocycles. The molecule has 0 radical (unpaired) electrons. The van der Waals surface area contributed by atoms with Crippen LogP contribution in [0.15, 0.2) is 18.2 Å². The molecule has 1 heteroatoms. The predicted octanol–water partition coefficient (Wildman–Crippen LogP) is 9.10. The smallest absolute Gasteiger partial charge is 0.127 e. The quantitative estimate of drug-likeness (QED) is 0.274. The number of rotatable bonds is 9. The van der Waals surface area contributed by atoms with Crippen molar-refractivity contribution in [2.24, 2.45) is 23.7 Å². The second-order valence-corrected chi connectivity index (χ2v) is 10.4. The molecule has 0 amide bonds. The highest BCUT2D eigenvalue weighted by molar-refractivity contribution is 5.37. The first kappa shape index (κ1) is 24.4. The van der Waals surface area contributed by atoms with Gasteiger partial charge >= 0.3 is 0 Å². The third-order valence-electron chi connectivity index (χ3n) is 8.07. The molecule has 0 bridgehead atoms. The Balaban J connectivity index is 1.40. The van der Waals surface area contributed by atoms with E-state index in [1.165, 1.54) is 89.9 Å². The second-order valence-electron chi connectivity index (χ2n) is 10.4. The maximum absolute atomic E-state index is 14.3. The summed E-state index contributed by atoms with van der Waals surface area (Å²) in [5, 5.41) is 0. The Morgan fingerprint density at radius 3 is 2.10 bits per heavy atom. The number of benzene rings is 1. The number of unbranched alkanes of at least 4 members (excludes halogenated alkanes) is 4. The van der Waals surface area contributed by atoms with Crippen LogP contribution in [0, 0.1) is 41.3 Å². The largest absolute Gasteiger partial charge is 0.207 e. The average Bonchev–Trinajstić information content (AvgIpc) is 2.80. The van der Waals surface area contributed by atoms with Crippen LogP contribution in [0.1, 0.15) is 121 Å². The molecular weight excluding hydrogens is 379 g/mol. The van der Waals surface area contributed by atoms with Crippen LogP contribution in [0.3, 0.4) is 0 Å². The van der Waals surface area contributed by atoms with Crippen LogP contribution in [-0.4, -0.2) is 0 Å². The molecule has 2 fully saturated rings. The van der Waals surface area contributed by atoms with Crippen LogP contribution in [-0.2, 0) is 6.42 Å². The van der Waals surface area contributed by atoms with Crippen LogP contribution >= 0.6 is 0 Å². The van der Waals surface area contributed by atoms with Crippen LogP contribution in [0.2, 0.25) is 0 Å². The van der Waals surface area contributed by atoms with Gasteiger partial charge in [0.25, 0.3) is 0 Å².